The molecule has 0 aliphatic rings. The van der Waals surface area contributed by atoms with Crippen molar-refractivity contribution in [3.8, 4) is 0 Å². The number of aryl methyl sites for hydroxylation is 6. The van der Waals surface area contributed by atoms with Crippen LogP contribution < -0.4 is 0 Å². The maximum Gasteiger partial charge on any atom is 4.00 e. The molecule has 0 N–H and O–H groups in total. The quantitative estimate of drug-likeness (QED) is 0.157. The van der Waals surface area contributed by atoms with Gasteiger partial charge in [-0.1, -0.05) is 51.0 Å². The van der Waals surface area contributed by atoms with Crippen molar-refractivity contribution in [1.82, 2.24) is 0 Å². The van der Waals surface area contributed by atoms with Gasteiger partial charge in [-0.25, -0.2) is 0 Å². The molecule has 0 saturated heterocycles. The van der Waals surface area contributed by atoms with Crippen LogP contribution >= 0.6 is 24.8 Å². The van der Waals surface area contributed by atoms with Crippen LogP contribution in [0.2, 0.25) is 0 Å². The van der Waals surface area contributed by atoms with Crippen molar-refractivity contribution < 1.29 is 26.2 Å². The van der Waals surface area contributed by atoms with Gasteiger partial charge in [-0.15, -0.1) is 92.9 Å². The van der Waals surface area contributed by atoms with Crippen LogP contribution in [-0.2, 0) is 26.2 Å². The zero-order valence-corrected chi connectivity index (χ0v) is 24.5. The molecule has 4 heteroatoms. The number of benzene rings is 2. The Morgan fingerprint density at radius 1 is 0.533 bits per heavy atom. The largest absolute Gasteiger partial charge is 4.00 e. The van der Waals surface area contributed by atoms with Crippen LogP contribution in [-0.4, -0.2) is 11.0 Å². The summed E-state index contributed by atoms with van der Waals surface area (Å²) in [7, 11) is 0. The molecule has 0 bridgehead atoms. The maximum atomic E-state index is 2.26. The fourth-order valence-electron chi connectivity index (χ4n) is 3.47. The smallest absolute Gasteiger partial charge is 0.358 e. The van der Waals surface area contributed by atoms with Gasteiger partial charge < -0.3 is 14.9 Å². The maximum absolute atomic E-state index is 2.26. The first-order valence-corrected chi connectivity index (χ1v) is 8.63. The predicted molar refractivity (Wildman–Crippen MR) is 141 cm³/mol. The van der Waals surface area contributed by atoms with E-state index < -0.39 is 0 Å². The van der Waals surface area contributed by atoms with Crippen LogP contribution in [0, 0.1) is 56.4 Å². The van der Waals surface area contributed by atoms with Crippen molar-refractivity contribution in [1.29, 1.82) is 0 Å². The molecule has 0 aliphatic carbocycles. The molecule has 0 amide bonds. The van der Waals surface area contributed by atoms with Crippen molar-refractivity contribution in [3.63, 3.8) is 0 Å². The molecule has 0 fully saturated rings. The summed E-state index contributed by atoms with van der Waals surface area (Å²) in [6, 6.07) is 17.8. The second kappa shape index (κ2) is 15.2. The summed E-state index contributed by atoms with van der Waals surface area (Å²) in [6.07, 6.45) is 0. The van der Waals surface area contributed by atoms with Crippen molar-refractivity contribution in [2.24, 2.45) is 0 Å². The summed E-state index contributed by atoms with van der Waals surface area (Å²) < 4.78 is 0. The first-order chi connectivity index (χ1) is 11.4. The zero-order chi connectivity index (χ0) is 17.4. The number of rotatable bonds is 0. The van der Waals surface area contributed by atoms with E-state index in [0.29, 0.717) is 0 Å². The van der Waals surface area contributed by atoms with Gasteiger partial charge in [0.1, 0.15) is 0 Å². The van der Waals surface area contributed by atoms with E-state index in [1.54, 1.807) is 0 Å². The Balaban J connectivity index is -0.000000188. The topological polar surface area (TPSA) is 0 Å². The van der Waals surface area contributed by atoms with Crippen LogP contribution in [0.1, 0.15) is 33.4 Å². The summed E-state index contributed by atoms with van der Waals surface area (Å²) >= 11 is 0. The Bertz CT molecular complexity index is 867. The monoisotopic (exact) mass is 534 g/mol. The second-order valence-corrected chi connectivity index (χ2v) is 7.12. The summed E-state index contributed by atoms with van der Waals surface area (Å²) in [5.74, 6) is 0. The van der Waals surface area contributed by atoms with Gasteiger partial charge in [0.05, 0.1) is 0 Å². The summed E-state index contributed by atoms with van der Waals surface area (Å²) in [5.41, 5.74) is 8.24. The zero-order valence-electron chi connectivity index (χ0n) is 19.4. The van der Waals surface area contributed by atoms with E-state index in [1.807, 2.05) is 0 Å². The third kappa shape index (κ3) is 7.79. The Kier molecular flexibility index (Phi) is 18.6. The van der Waals surface area contributed by atoms with Crippen LogP contribution in [0.5, 0.6) is 0 Å². The van der Waals surface area contributed by atoms with E-state index in [0.717, 1.165) is 0 Å². The Hall–Kier alpha value is -0.660. The normalized spacial score (nSPS) is 8.73. The molecule has 30 heavy (non-hydrogen) atoms. The van der Waals surface area contributed by atoms with Crippen LogP contribution in [0.4, 0.5) is 0 Å². The number of fused-ring (bicyclic) bond motifs is 2. The van der Waals surface area contributed by atoms with E-state index in [9.17, 15) is 0 Å². The standard InChI is InChI=1S/2C12H13.2CH3.2ClH.Si.Zr/c2*1-8-6-11-9(2)4-5-10(3)12(11)7-8;;;;;;/h2*4-7H,1-3H3;2*1H3;2*1H;;/q4*-1;;;;+4. The molecule has 4 aromatic rings. The van der Waals surface area contributed by atoms with E-state index in [4.69, 9.17) is 0 Å². The average Bonchev–Trinajstić information content (AvgIpc) is 3.12. The van der Waals surface area contributed by atoms with Crippen molar-refractivity contribution >= 4 is 57.3 Å². The SMILES string of the molecule is Cc1cc2c(C)ccc(C)c2[cH-]1.Cc1cc2c(C)ccc(C)c2[cH-]1.Cl.Cl.[CH3-].[CH3-].[Si].[Zr+4]. The molecule has 0 saturated carbocycles. The minimum Gasteiger partial charge on any atom is -0.358 e. The van der Waals surface area contributed by atoms with Gasteiger partial charge in [0.25, 0.3) is 0 Å². The van der Waals surface area contributed by atoms with E-state index >= 15 is 0 Å². The van der Waals surface area contributed by atoms with Crippen LogP contribution in [0.15, 0.2) is 48.5 Å². The van der Waals surface area contributed by atoms with Gasteiger partial charge in [0.2, 0.25) is 0 Å². The molecule has 0 spiro atoms. The van der Waals surface area contributed by atoms with Gasteiger partial charge in [-0.05, 0) is 13.8 Å². The molecule has 4 aromatic carbocycles. The third-order valence-electron chi connectivity index (χ3n) is 4.93. The van der Waals surface area contributed by atoms with Crippen LogP contribution in [0.3, 0.4) is 0 Å². The molecule has 0 aliphatic heterocycles. The van der Waals surface area contributed by atoms with Crippen molar-refractivity contribution in [3.05, 3.63) is 96.8 Å². The fourth-order valence-corrected chi connectivity index (χ4v) is 3.47. The Morgan fingerprint density at radius 3 is 1.07 bits per heavy atom. The van der Waals surface area contributed by atoms with Gasteiger partial charge >= 0.3 is 26.2 Å². The van der Waals surface area contributed by atoms with E-state index in [-0.39, 0.29) is 76.8 Å². The first kappa shape index (κ1) is 36.7. The second-order valence-electron chi connectivity index (χ2n) is 7.12. The van der Waals surface area contributed by atoms with Gasteiger partial charge in [0.15, 0.2) is 0 Å². The Morgan fingerprint density at radius 2 is 0.800 bits per heavy atom. The molecule has 0 aromatic heterocycles. The average molecular weight is 537 g/mol. The number of halogens is 2. The van der Waals surface area contributed by atoms with Crippen LogP contribution in [0.25, 0.3) is 21.5 Å². The predicted octanol–water partition coefficient (Wildman–Crippen LogP) is 8.33. The van der Waals surface area contributed by atoms with Gasteiger partial charge in [-0.3, -0.25) is 0 Å². The third-order valence-corrected chi connectivity index (χ3v) is 4.93. The molecular weight excluding hydrogens is 503 g/mol. The fraction of sp³-hybridized carbons (Fsp3) is 0.231. The van der Waals surface area contributed by atoms with Gasteiger partial charge in [0, 0.05) is 11.0 Å². The summed E-state index contributed by atoms with van der Waals surface area (Å²) in [6.45, 7) is 13.0. The molecule has 0 heterocycles. The van der Waals surface area contributed by atoms with Crippen molar-refractivity contribution in [2.45, 2.75) is 41.5 Å². The molecule has 4 rings (SSSR count). The minimum atomic E-state index is 0. The molecule has 160 valence electrons. The number of hydrogen-bond acceptors (Lipinski definition) is 0. The molecule has 0 atom stereocenters. The Labute approximate surface area is 220 Å². The summed E-state index contributed by atoms with van der Waals surface area (Å²) in [5, 5.41) is 5.64. The molecule has 4 radical (unpaired) electrons. The number of hydrogen-bond donors (Lipinski definition) is 0. The van der Waals surface area contributed by atoms with Crippen molar-refractivity contribution in [2.75, 3.05) is 0 Å². The van der Waals surface area contributed by atoms with E-state index in [1.165, 1.54) is 54.9 Å². The summed E-state index contributed by atoms with van der Waals surface area (Å²) in [4.78, 5) is 0. The molecule has 0 nitrogen and oxygen atoms in total. The molecule has 0 unspecified atom stereocenters. The molecular formula is C26H34Cl2SiZr. The minimum absolute atomic E-state index is 0. The van der Waals surface area contributed by atoms with E-state index in [2.05, 4.69) is 90.1 Å². The van der Waals surface area contributed by atoms with Gasteiger partial charge in [-0.2, -0.15) is 12.1 Å². The first-order valence-electron chi connectivity index (χ1n) is 8.63.